The summed E-state index contributed by atoms with van der Waals surface area (Å²) in [7, 11) is 1.69. The molecular weight excluding hydrogens is 280 g/mol. The number of methoxy groups -OCH3 is 1. The molecular formula is C17H26N2OS. The van der Waals surface area contributed by atoms with Crippen molar-refractivity contribution in [3.8, 4) is 5.75 Å². The van der Waals surface area contributed by atoms with Crippen molar-refractivity contribution in [1.29, 1.82) is 0 Å². The van der Waals surface area contributed by atoms with E-state index in [0.29, 0.717) is 6.04 Å². The van der Waals surface area contributed by atoms with E-state index in [4.69, 9.17) is 17.0 Å². The number of likely N-dealkylation sites (tertiary alicyclic amines) is 1. The molecule has 0 aliphatic carbocycles. The van der Waals surface area contributed by atoms with Gasteiger partial charge in [-0.3, -0.25) is 0 Å². The molecule has 1 atom stereocenters. The number of nitrogens with one attached hydrogen (secondary N) is 1. The molecule has 0 spiro atoms. The third kappa shape index (κ3) is 4.60. The normalized spacial score (nSPS) is 19.0. The summed E-state index contributed by atoms with van der Waals surface area (Å²) in [6.45, 7) is 4.12. The lowest BCUT2D eigenvalue weighted by molar-refractivity contribution is 0.303. The van der Waals surface area contributed by atoms with Crippen molar-refractivity contribution in [3.05, 3.63) is 29.8 Å². The molecule has 1 aromatic carbocycles. The standard InChI is InChI=1S/C17H26N2OS/c1-3-15-7-5-4-6-12-19(15)17(21)18-13-14-8-10-16(20-2)11-9-14/h8-11,15H,3-7,12-13H2,1-2H3,(H,18,21). The highest BCUT2D eigenvalue weighted by Gasteiger charge is 2.21. The van der Waals surface area contributed by atoms with E-state index in [1.54, 1.807) is 7.11 Å². The second-order valence-electron chi connectivity index (χ2n) is 5.61. The van der Waals surface area contributed by atoms with Crippen LogP contribution in [-0.2, 0) is 6.54 Å². The van der Waals surface area contributed by atoms with E-state index < -0.39 is 0 Å². The van der Waals surface area contributed by atoms with Gasteiger partial charge < -0.3 is 15.0 Å². The Balaban J connectivity index is 1.89. The smallest absolute Gasteiger partial charge is 0.169 e. The van der Waals surface area contributed by atoms with Crippen molar-refractivity contribution in [1.82, 2.24) is 10.2 Å². The molecule has 2 rings (SSSR count). The number of hydrogen-bond donors (Lipinski definition) is 1. The average molecular weight is 306 g/mol. The Morgan fingerprint density at radius 3 is 2.71 bits per heavy atom. The first-order chi connectivity index (χ1) is 10.2. The first-order valence-corrected chi connectivity index (χ1v) is 8.32. The lowest BCUT2D eigenvalue weighted by atomic mass is 10.1. The Labute approximate surface area is 133 Å². The van der Waals surface area contributed by atoms with Gasteiger partial charge in [-0.1, -0.05) is 31.9 Å². The zero-order chi connectivity index (χ0) is 15.1. The van der Waals surface area contributed by atoms with Gasteiger partial charge in [0.2, 0.25) is 0 Å². The van der Waals surface area contributed by atoms with Crippen molar-refractivity contribution in [2.75, 3.05) is 13.7 Å². The summed E-state index contributed by atoms with van der Waals surface area (Å²) in [5.41, 5.74) is 1.22. The number of ether oxygens (including phenoxy) is 1. The Kier molecular flexibility index (Phi) is 6.30. The van der Waals surface area contributed by atoms with Gasteiger partial charge in [0.1, 0.15) is 5.75 Å². The number of thiocarbonyl (C=S) groups is 1. The zero-order valence-electron chi connectivity index (χ0n) is 13.1. The van der Waals surface area contributed by atoms with Crippen LogP contribution in [0.1, 0.15) is 44.6 Å². The van der Waals surface area contributed by atoms with E-state index in [2.05, 4.69) is 29.3 Å². The molecule has 1 aromatic rings. The Bertz CT molecular complexity index is 447. The molecule has 0 bridgehead atoms. The maximum absolute atomic E-state index is 5.62. The van der Waals surface area contributed by atoms with Crippen LogP contribution in [0.2, 0.25) is 0 Å². The molecule has 1 heterocycles. The Morgan fingerprint density at radius 2 is 2.05 bits per heavy atom. The molecule has 21 heavy (non-hydrogen) atoms. The SMILES string of the molecule is CCC1CCCCCN1C(=S)NCc1ccc(OC)cc1. The molecule has 1 saturated heterocycles. The lowest BCUT2D eigenvalue weighted by Gasteiger charge is -2.32. The molecule has 3 nitrogen and oxygen atoms in total. The van der Waals surface area contributed by atoms with Crippen LogP contribution in [0.25, 0.3) is 0 Å². The van der Waals surface area contributed by atoms with E-state index in [9.17, 15) is 0 Å². The van der Waals surface area contributed by atoms with Crippen LogP contribution >= 0.6 is 12.2 Å². The highest BCUT2D eigenvalue weighted by molar-refractivity contribution is 7.80. The Hall–Kier alpha value is -1.29. The first kappa shape index (κ1) is 16.1. The van der Waals surface area contributed by atoms with Gasteiger partial charge in [-0.05, 0) is 49.2 Å². The van der Waals surface area contributed by atoms with Gasteiger partial charge in [-0.25, -0.2) is 0 Å². The first-order valence-electron chi connectivity index (χ1n) is 7.92. The fraction of sp³-hybridized carbons (Fsp3) is 0.588. The highest BCUT2D eigenvalue weighted by Crippen LogP contribution is 2.19. The third-order valence-electron chi connectivity index (χ3n) is 4.21. The summed E-state index contributed by atoms with van der Waals surface area (Å²) in [4.78, 5) is 2.39. The van der Waals surface area contributed by atoms with Crippen LogP contribution in [0.15, 0.2) is 24.3 Å². The second kappa shape index (κ2) is 8.23. The lowest BCUT2D eigenvalue weighted by Crippen LogP contribution is -2.45. The zero-order valence-corrected chi connectivity index (χ0v) is 13.9. The summed E-state index contributed by atoms with van der Waals surface area (Å²) < 4.78 is 5.18. The molecule has 4 heteroatoms. The van der Waals surface area contributed by atoms with Crippen molar-refractivity contribution < 1.29 is 4.74 Å². The number of rotatable bonds is 4. The van der Waals surface area contributed by atoms with Gasteiger partial charge in [-0.15, -0.1) is 0 Å². The highest BCUT2D eigenvalue weighted by atomic mass is 32.1. The van der Waals surface area contributed by atoms with E-state index >= 15 is 0 Å². The van der Waals surface area contributed by atoms with E-state index in [1.807, 2.05) is 12.1 Å². The quantitative estimate of drug-likeness (QED) is 0.857. The molecule has 0 radical (unpaired) electrons. The van der Waals surface area contributed by atoms with Gasteiger partial charge in [0.15, 0.2) is 5.11 Å². The number of nitrogens with zero attached hydrogens (tertiary/aromatic N) is 1. The summed E-state index contributed by atoms with van der Waals surface area (Å²) in [6.07, 6.45) is 6.34. The van der Waals surface area contributed by atoms with Crippen LogP contribution in [0.4, 0.5) is 0 Å². The molecule has 0 amide bonds. The molecule has 1 aliphatic heterocycles. The summed E-state index contributed by atoms with van der Waals surface area (Å²) >= 11 is 5.62. The van der Waals surface area contributed by atoms with Crippen LogP contribution < -0.4 is 10.1 Å². The van der Waals surface area contributed by atoms with Gasteiger partial charge in [-0.2, -0.15) is 0 Å². The van der Waals surface area contributed by atoms with Gasteiger partial charge in [0, 0.05) is 19.1 Å². The monoisotopic (exact) mass is 306 g/mol. The number of hydrogen-bond acceptors (Lipinski definition) is 2. The molecule has 1 aliphatic rings. The maximum atomic E-state index is 5.62. The topological polar surface area (TPSA) is 24.5 Å². The summed E-state index contributed by atoms with van der Waals surface area (Å²) in [5.74, 6) is 0.889. The molecule has 116 valence electrons. The molecule has 1 unspecified atom stereocenters. The second-order valence-corrected chi connectivity index (χ2v) is 6.00. The number of benzene rings is 1. The molecule has 0 aromatic heterocycles. The molecule has 1 fully saturated rings. The summed E-state index contributed by atoms with van der Waals surface area (Å²) in [5, 5.41) is 4.32. The minimum Gasteiger partial charge on any atom is -0.497 e. The molecule has 1 N–H and O–H groups in total. The van der Waals surface area contributed by atoms with Crippen molar-refractivity contribution >= 4 is 17.3 Å². The van der Waals surface area contributed by atoms with Crippen molar-refractivity contribution in [2.45, 2.75) is 51.6 Å². The van der Waals surface area contributed by atoms with Crippen LogP contribution in [0.5, 0.6) is 5.75 Å². The van der Waals surface area contributed by atoms with Crippen LogP contribution in [0.3, 0.4) is 0 Å². The predicted molar refractivity (Wildman–Crippen MR) is 91.7 cm³/mol. The Morgan fingerprint density at radius 1 is 1.29 bits per heavy atom. The van der Waals surface area contributed by atoms with Crippen molar-refractivity contribution in [3.63, 3.8) is 0 Å². The fourth-order valence-electron chi connectivity index (χ4n) is 2.89. The van der Waals surface area contributed by atoms with Gasteiger partial charge in [0.25, 0.3) is 0 Å². The van der Waals surface area contributed by atoms with Gasteiger partial charge >= 0.3 is 0 Å². The maximum Gasteiger partial charge on any atom is 0.169 e. The average Bonchev–Trinajstić information content (AvgIpc) is 2.78. The largest absolute Gasteiger partial charge is 0.497 e. The van der Waals surface area contributed by atoms with E-state index in [0.717, 1.165) is 24.0 Å². The minimum atomic E-state index is 0.600. The van der Waals surface area contributed by atoms with E-state index in [1.165, 1.54) is 37.7 Å². The van der Waals surface area contributed by atoms with Crippen LogP contribution in [0, 0.1) is 0 Å². The van der Waals surface area contributed by atoms with Gasteiger partial charge in [0.05, 0.1) is 7.11 Å². The van der Waals surface area contributed by atoms with Crippen molar-refractivity contribution in [2.24, 2.45) is 0 Å². The predicted octanol–water partition coefficient (Wildman–Crippen LogP) is 3.72. The summed E-state index contributed by atoms with van der Waals surface area (Å²) in [6, 6.07) is 8.73. The molecule has 0 saturated carbocycles. The minimum absolute atomic E-state index is 0.600. The van der Waals surface area contributed by atoms with Crippen LogP contribution in [-0.4, -0.2) is 29.7 Å². The fourth-order valence-corrected chi connectivity index (χ4v) is 3.20. The van der Waals surface area contributed by atoms with E-state index in [-0.39, 0.29) is 0 Å². The third-order valence-corrected chi connectivity index (χ3v) is 4.59.